The van der Waals surface area contributed by atoms with Crippen molar-refractivity contribution in [3.63, 3.8) is 0 Å². The van der Waals surface area contributed by atoms with Crippen molar-refractivity contribution >= 4 is 61.6 Å². The number of ether oxygens (including phenoxy) is 1. The van der Waals surface area contributed by atoms with Gasteiger partial charge in [-0.3, -0.25) is 0 Å². The fourth-order valence-electron chi connectivity index (χ4n) is 1.95. The van der Waals surface area contributed by atoms with E-state index in [1.165, 1.54) is 24.8 Å². The van der Waals surface area contributed by atoms with Gasteiger partial charge in [0, 0.05) is 16.8 Å². The van der Waals surface area contributed by atoms with Gasteiger partial charge in [0.25, 0.3) is 0 Å². The topological polar surface area (TPSA) is 9.23 Å². The maximum Gasteiger partial charge on any atom is 0.0723 e. The molecule has 3 heteroatoms. The van der Waals surface area contributed by atoms with Gasteiger partial charge < -0.3 is 4.74 Å². The van der Waals surface area contributed by atoms with Crippen LogP contribution in [-0.2, 0) is 9.96 Å². The molecule has 1 saturated heterocycles. The molecule has 0 N–H and O–H groups in total. The van der Waals surface area contributed by atoms with Gasteiger partial charge in [0.1, 0.15) is 0 Å². The third-order valence-electron chi connectivity index (χ3n) is 2.85. The van der Waals surface area contributed by atoms with E-state index in [-0.39, 0.29) is 56.6 Å². The minimum atomic E-state index is 0. The average Bonchev–Trinajstić information content (AvgIpc) is 2.20. The third-order valence-corrected chi connectivity index (χ3v) is 4.22. The van der Waals surface area contributed by atoms with Crippen molar-refractivity contribution in [2.75, 3.05) is 6.61 Å². The minimum Gasteiger partial charge on any atom is -0.375 e. The normalized spacial score (nSPS) is 26.9. The van der Waals surface area contributed by atoms with Gasteiger partial charge in [0.15, 0.2) is 0 Å². The average molecular weight is 232 g/mol. The van der Waals surface area contributed by atoms with Gasteiger partial charge in [0.2, 0.25) is 0 Å². The first-order chi connectivity index (χ1) is 6.31. The van der Waals surface area contributed by atoms with E-state index in [1.807, 2.05) is 0 Å². The Morgan fingerprint density at radius 1 is 1.14 bits per heavy atom. The summed E-state index contributed by atoms with van der Waals surface area (Å²) in [5, 5.41) is 0.111. The van der Waals surface area contributed by atoms with Crippen LogP contribution < -0.4 is 0 Å². The molecule has 1 aliphatic rings. The van der Waals surface area contributed by atoms with Crippen molar-refractivity contribution in [3.05, 3.63) is 35.9 Å². The fraction of sp³-hybridized carbons (Fsp3) is 0.455. The molecule has 1 aromatic rings. The summed E-state index contributed by atoms with van der Waals surface area (Å²) in [6.45, 7) is 0.943. The van der Waals surface area contributed by atoms with Crippen molar-refractivity contribution in [2.45, 2.75) is 24.5 Å². The van der Waals surface area contributed by atoms with Gasteiger partial charge in [-0.15, -0.1) is 0 Å². The molecule has 0 radical (unpaired) electrons. The van der Waals surface area contributed by atoms with Crippen molar-refractivity contribution in [2.24, 2.45) is 0 Å². The van der Waals surface area contributed by atoms with Gasteiger partial charge in [0.05, 0.1) is 5.22 Å². The number of hydrogen-bond acceptors (Lipinski definition) is 1. The molecule has 0 spiro atoms. The molecule has 0 aliphatic carbocycles. The summed E-state index contributed by atoms with van der Waals surface area (Å²) in [5.74, 6) is 0. The summed E-state index contributed by atoms with van der Waals surface area (Å²) >= 11 is 0. The molecule has 0 amide bonds. The third kappa shape index (κ3) is 3.01. The molecule has 1 aromatic carbocycles. The number of benzene rings is 1. The molecule has 1 heterocycles. The molecule has 1 nitrogen and oxygen atoms in total. The van der Waals surface area contributed by atoms with Gasteiger partial charge in [-0.2, -0.15) is 0 Å². The van der Waals surface area contributed by atoms with Gasteiger partial charge >= 0.3 is 51.4 Å². The summed E-state index contributed by atoms with van der Waals surface area (Å²) in [5.41, 5.74) is 1.38. The van der Waals surface area contributed by atoms with E-state index in [4.69, 9.17) is 4.74 Å². The van der Waals surface area contributed by atoms with E-state index in [1.54, 1.807) is 0 Å². The minimum absolute atomic E-state index is 0. The molecule has 0 saturated carbocycles. The largest absolute Gasteiger partial charge is 0.375 e. The van der Waals surface area contributed by atoms with Crippen LogP contribution in [0.5, 0.6) is 0 Å². The monoisotopic (exact) mass is 232 g/mol. The van der Waals surface area contributed by atoms with E-state index < -0.39 is 0 Å². The van der Waals surface area contributed by atoms with Crippen LogP contribution in [0.2, 0.25) is 0 Å². The second-order valence-corrected chi connectivity index (χ2v) is 5.52. The molecule has 1 unspecified atom stereocenters. The maximum absolute atomic E-state index is 5.91. The maximum atomic E-state index is 5.91. The van der Waals surface area contributed by atoms with Crippen LogP contribution in [0.4, 0.5) is 0 Å². The number of rotatable bonds is 1. The molecule has 1 fully saturated rings. The Morgan fingerprint density at radius 3 is 2.43 bits per heavy atom. The predicted octanol–water partition coefficient (Wildman–Crippen LogP) is 0.757. The van der Waals surface area contributed by atoms with Crippen molar-refractivity contribution in [1.82, 2.24) is 0 Å². The van der Waals surface area contributed by atoms with Gasteiger partial charge in [-0.25, -0.2) is 0 Å². The van der Waals surface area contributed by atoms with E-state index in [9.17, 15) is 0 Å². The summed E-state index contributed by atoms with van der Waals surface area (Å²) in [6, 6.07) is 10.7. The summed E-state index contributed by atoms with van der Waals surface area (Å²) in [4.78, 5) is 0. The van der Waals surface area contributed by atoms with E-state index in [0.717, 1.165) is 16.8 Å². The SMILES string of the molecule is [KH].[SiH3]C1(c2ccccc2)CCCCO1. The van der Waals surface area contributed by atoms with Crippen molar-refractivity contribution in [1.29, 1.82) is 0 Å². The second kappa shape index (κ2) is 5.94. The van der Waals surface area contributed by atoms with E-state index >= 15 is 0 Å². The molecule has 0 aromatic heterocycles. The molecular weight excluding hydrogens is 215 g/mol. The van der Waals surface area contributed by atoms with Crippen LogP contribution in [0.15, 0.2) is 30.3 Å². The Balaban J connectivity index is 0.000000980. The summed E-state index contributed by atoms with van der Waals surface area (Å²) < 4.78 is 5.91. The summed E-state index contributed by atoms with van der Waals surface area (Å²) in [7, 11) is 1.10. The van der Waals surface area contributed by atoms with Crippen LogP contribution >= 0.6 is 0 Å². The Morgan fingerprint density at radius 2 is 1.86 bits per heavy atom. The fourth-order valence-corrected chi connectivity index (χ4v) is 2.84. The predicted molar refractivity (Wildman–Crippen MR) is 65.0 cm³/mol. The van der Waals surface area contributed by atoms with E-state index in [0.29, 0.717) is 0 Å². The first-order valence-electron chi connectivity index (χ1n) is 5.01. The zero-order valence-electron chi connectivity index (χ0n) is 8.12. The Labute approximate surface area is 131 Å². The summed E-state index contributed by atoms with van der Waals surface area (Å²) in [6.07, 6.45) is 3.76. The van der Waals surface area contributed by atoms with Gasteiger partial charge in [-0.1, -0.05) is 30.3 Å². The molecule has 0 bridgehead atoms. The van der Waals surface area contributed by atoms with Crippen LogP contribution in [0.3, 0.4) is 0 Å². The number of hydrogen-bond donors (Lipinski definition) is 0. The van der Waals surface area contributed by atoms with Crippen molar-refractivity contribution < 1.29 is 4.74 Å². The van der Waals surface area contributed by atoms with Gasteiger partial charge in [-0.05, 0) is 24.8 Å². The second-order valence-electron chi connectivity index (χ2n) is 3.90. The first-order valence-corrected chi connectivity index (χ1v) is 6.01. The van der Waals surface area contributed by atoms with Crippen LogP contribution in [0, 0.1) is 0 Å². The molecular formula is C11H17KOSi. The Kier molecular flexibility index (Phi) is 5.56. The molecule has 2 rings (SSSR count). The quantitative estimate of drug-likeness (QED) is 0.650. The van der Waals surface area contributed by atoms with Crippen molar-refractivity contribution in [3.8, 4) is 0 Å². The first kappa shape index (κ1) is 13.1. The molecule has 72 valence electrons. The molecule has 1 aliphatic heterocycles. The van der Waals surface area contributed by atoms with E-state index in [2.05, 4.69) is 30.3 Å². The Bertz CT molecular complexity index is 270. The molecule has 14 heavy (non-hydrogen) atoms. The zero-order chi connectivity index (χ0) is 9.15. The van der Waals surface area contributed by atoms with Crippen LogP contribution in [-0.4, -0.2) is 68.2 Å². The molecule has 1 atom stereocenters. The zero-order valence-corrected chi connectivity index (χ0v) is 10.1. The smallest absolute Gasteiger partial charge is 0.0723 e. The standard InChI is InChI=1S/C11H16OSi.K.H/c13-11(8-4-5-9-12-11)10-6-2-1-3-7-10;;/h1-3,6-7H,4-5,8-9H2,13H3;;. The Hall–Kier alpha value is 1.03. The van der Waals surface area contributed by atoms with Crippen LogP contribution in [0.25, 0.3) is 0 Å². The van der Waals surface area contributed by atoms with Crippen LogP contribution in [0.1, 0.15) is 24.8 Å².